The number of ether oxygens (including phenoxy) is 1. The Labute approximate surface area is 167 Å². The fourth-order valence-electron chi connectivity index (χ4n) is 3.02. The molecule has 1 aliphatic heterocycles. The van der Waals surface area contributed by atoms with Gasteiger partial charge in [0.1, 0.15) is 12.8 Å². The van der Waals surface area contributed by atoms with E-state index in [9.17, 15) is 14.4 Å². The van der Waals surface area contributed by atoms with Gasteiger partial charge in [0.05, 0.1) is 32.4 Å². The van der Waals surface area contributed by atoms with E-state index in [0.717, 1.165) is 13.1 Å². The average Bonchev–Trinajstić information content (AvgIpc) is 3.26. The van der Waals surface area contributed by atoms with Crippen molar-refractivity contribution in [3.8, 4) is 5.75 Å². The summed E-state index contributed by atoms with van der Waals surface area (Å²) in [6.07, 6.45) is 4.27. The van der Waals surface area contributed by atoms with Crippen LogP contribution >= 0.6 is 0 Å². The smallest absolute Gasteiger partial charge is 0.289 e. The first-order valence-corrected chi connectivity index (χ1v) is 9.35. The van der Waals surface area contributed by atoms with Gasteiger partial charge < -0.3 is 28.7 Å². The molecule has 0 aliphatic carbocycles. The van der Waals surface area contributed by atoms with E-state index >= 15 is 0 Å². The summed E-state index contributed by atoms with van der Waals surface area (Å²) >= 11 is 0. The van der Waals surface area contributed by atoms with E-state index in [2.05, 4.69) is 11.9 Å². The van der Waals surface area contributed by atoms with E-state index in [4.69, 9.17) is 13.6 Å². The molecule has 3 heterocycles. The molecule has 2 amide bonds. The summed E-state index contributed by atoms with van der Waals surface area (Å²) in [6.45, 7) is 6.75. The topological polar surface area (TPSA) is 106 Å². The van der Waals surface area contributed by atoms with Crippen LogP contribution in [0.25, 0.3) is 0 Å². The molecule has 0 saturated carbocycles. The van der Waals surface area contributed by atoms with Crippen molar-refractivity contribution in [2.24, 2.45) is 0 Å². The molecule has 154 valence electrons. The monoisotopic (exact) mass is 402 g/mol. The summed E-state index contributed by atoms with van der Waals surface area (Å²) in [7, 11) is 0. The Morgan fingerprint density at radius 3 is 2.76 bits per heavy atom. The van der Waals surface area contributed by atoms with Gasteiger partial charge in [-0.15, -0.1) is 6.58 Å². The molecule has 29 heavy (non-hydrogen) atoms. The molecule has 2 aromatic rings. The van der Waals surface area contributed by atoms with Crippen LogP contribution in [-0.2, 0) is 11.3 Å². The second kappa shape index (κ2) is 9.74. The van der Waals surface area contributed by atoms with Gasteiger partial charge >= 0.3 is 0 Å². The SMILES string of the molecule is C=CCNC(=O)COc1coc(C[NH+]2CCN(C(=O)c3ccco3)CC2)cc1=O. The fraction of sp³-hybridized carbons (Fsp3) is 0.350. The summed E-state index contributed by atoms with van der Waals surface area (Å²) in [5.41, 5.74) is -0.339. The van der Waals surface area contributed by atoms with Gasteiger partial charge in [-0.25, -0.2) is 0 Å². The summed E-state index contributed by atoms with van der Waals surface area (Å²) in [5, 5.41) is 2.56. The van der Waals surface area contributed by atoms with Gasteiger partial charge in [-0.05, 0) is 12.1 Å². The van der Waals surface area contributed by atoms with Gasteiger partial charge in [0.25, 0.3) is 11.8 Å². The van der Waals surface area contributed by atoms with Crippen molar-refractivity contribution < 1.29 is 28.1 Å². The Kier molecular flexibility index (Phi) is 6.85. The Hall–Kier alpha value is -3.33. The standard InChI is InChI=1S/C20H23N3O6/c1-2-5-21-19(25)14-29-18-13-28-15(11-16(18)24)12-22-6-8-23(9-7-22)20(26)17-4-3-10-27-17/h2-4,10-11,13H,1,5-9,12,14H2,(H,21,25)/p+1. The highest BCUT2D eigenvalue weighted by atomic mass is 16.5. The Morgan fingerprint density at radius 2 is 2.10 bits per heavy atom. The van der Waals surface area contributed by atoms with Gasteiger partial charge in [0.2, 0.25) is 11.2 Å². The number of furan rings is 1. The number of nitrogens with one attached hydrogen (secondary N) is 2. The molecule has 9 heteroatoms. The van der Waals surface area contributed by atoms with Crippen molar-refractivity contribution in [3.63, 3.8) is 0 Å². The van der Waals surface area contributed by atoms with Crippen molar-refractivity contribution in [1.82, 2.24) is 10.2 Å². The Bertz CT molecular complexity index is 897. The molecule has 2 N–H and O–H groups in total. The third-order valence-corrected chi connectivity index (χ3v) is 4.57. The average molecular weight is 402 g/mol. The van der Waals surface area contributed by atoms with E-state index in [1.807, 2.05) is 0 Å². The predicted octanol–water partition coefficient (Wildman–Crippen LogP) is -0.545. The maximum absolute atomic E-state index is 12.3. The molecule has 0 spiro atoms. The Morgan fingerprint density at radius 1 is 1.31 bits per heavy atom. The molecular formula is C20H24N3O6+. The highest BCUT2D eigenvalue weighted by molar-refractivity contribution is 5.91. The first kappa shape index (κ1) is 20.4. The maximum Gasteiger partial charge on any atom is 0.289 e. The van der Waals surface area contributed by atoms with Crippen molar-refractivity contribution in [1.29, 1.82) is 0 Å². The van der Waals surface area contributed by atoms with Crippen molar-refractivity contribution in [3.05, 3.63) is 65.1 Å². The summed E-state index contributed by atoms with van der Waals surface area (Å²) in [5.74, 6) is 0.401. The van der Waals surface area contributed by atoms with Crippen molar-refractivity contribution in [2.75, 3.05) is 39.3 Å². The molecule has 0 bridgehead atoms. The van der Waals surface area contributed by atoms with E-state index in [1.54, 1.807) is 23.1 Å². The minimum atomic E-state index is -0.347. The van der Waals surface area contributed by atoms with Crippen molar-refractivity contribution >= 4 is 11.8 Å². The number of nitrogens with zero attached hydrogens (tertiary/aromatic N) is 1. The van der Waals surface area contributed by atoms with Gasteiger partial charge in [-0.1, -0.05) is 6.08 Å². The fourth-order valence-corrected chi connectivity index (χ4v) is 3.02. The van der Waals surface area contributed by atoms with Crippen LogP contribution in [0.4, 0.5) is 0 Å². The molecule has 0 aromatic carbocycles. The lowest BCUT2D eigenvalue weighted by atomic mass is 10.2. The first-order chi connectivity index (χ1) is 14.1. The van der Waals surface area contributed by atoms with Crippen LogP contribution in [0.3, 0.4) is 0 Å². The number of hydrogen-bond donors (Lipinski definition) is 2. The number of quaternary nitrogens is 1. The van der Waals surface area contributed by atoms with Gasteiger partial charge in [0, 0.05) is 12.6 Å². The normalized spacial score (nSPS) is 14.4. The van der Waals surface area contributed by atoms with E-state index in [1.165, 1.54) is 23.5 Å². The number of carbonyl (C=O) groups is 2. The number of amides is 2. The predicted molar refractivity (Wildman–Crippen MR) is 103 cm³/mol. The third-order valence-electron chi connectivity index (χ3n) is 4.57. The minimum Gasteiger partial charge on any atom is -0.477 e. The van der Waals surface area contributed by atoms with Crippen LogP contribution in [-0.4, -0.2) is 56.0 Å². The third kappa shape index (κ3) is 5.58. The molecule has 0 atom stereocenters. The Balaban J connectivity index is 1.48. The second-order valence-corrected chi connectivity index (χ2v) is 6.65. The van der Waals surface area contributed by atoms with Crippen LogP contribution in [0.2, 0.25) is 0 Å². The molecule has 0 radical (unpaired) electrons. The summed E-state index contributed by atoms with van der Waals surface area (Å²) in [6, 6.07) is 4.73. The second-order valence-electron chi connectivity index (χ2n) is 6.65. The zero-order chi connectivity index (χ0) is 20.6. The molecule has 2 aromatic heterocycles. The first-order valence-electron chi connectivity index (χ1n) is 9.35. The quantitative estimate of drug-likeness (QED) is 0.574. The van der Waals surface area contributed by atoms with Gasteiger partial charge in [-0.2, -0.15) is 0 Å². The minimum absolute atomic E-state index is 0.00799. The van der Waals surface area contributed by atoms with Crippen LogP contribution in [0.15, 0.2) is 57.0 Å². The van der Waals surface area contributed by atoms with Gasteiger partial charge in [-0.3, -0.25) is 14.4 Å². The number of carbonyl (C=O) groups excluding carboxylic acids is 2. The zero-order valence-corrected chi connectivity index (χ0v) is 16.0. The number of rotatable bonds is 8. The summed E-state index contributed by atoms with van der Waals surface area (Å²) < 4.78 is 15.9. The molecule has 0 unspecified atom stereocenters. The highest BCUT2D eigenvalue weighted by Gasteiger charge is 2.26. The van der Waals surface area contributed by atoms with Crippen LogP contribution in [0.5, 0.6) is 5.75 Å². The number of piperazine rings is 1. The van der Waals surface area contributed by atoms with Crippen LogP contribution in [0, 0.1) is 0 Å². The van der Waals surface area contributed by atoms with Crippen LogP contribution in [0.1, 0.15) is 16.3 Å². The van der Waals surface area contributed by atoms with Crippen LogP contribution < -0.4 is 20.4 Å². The molecule has 1 saturated heterocycles. The molecule has 3 rings (SSSR count). The maximum atomic E-state index is 12.3. The number of hydrogen-bond acceptors (Lipinski definition) is 6. The van der Waals surface area contributed by atoms with Crippen molar-refractivity contribution in [2.45, 2.75) is 6.54 Å². The largest absolute Gasteiger partial charge is 0.477 e. The van der Waals surface area contributed by atoms with E-state index < -0.39 is 0 Å². The lowest BCUT2D eigenvalue weighted by molar-refractivity contribution is -0.918. The lowest BCUT2D eigenvalue weighted by Crippen LogP contribution is -3.13. The van der Waals surface area contributed by atoms with E-state index in [0.29, 0.717) is 37.7 Å². The van der Waals surface area contributed by atoms with E-state index in [-0.39, 0.29) is 29.6 Å². The molecule has 1 aliphatic rings. The molecule has 1 fully saturated rings. The zero-order valence-electron chi connectivity index (χ0n) is 16.0. The highest BCUT2D eigenvalue weighted by Crippen LogP contribution is 2.07. The van der Waals surface area contributed by atoms with Gasteiger partial charge in [0.15, 0.2) is 18.1 Å². The molecule has 9 nitrogen and oxygen atoms in total. The lowest BCUT2D eigenvalue weighted by Gasteiger charge is -2.31. The molecular weight excluding hydrogens is 378 g/mol. The summed E-state index contributed by atoms with van der Waals surface area (Å²) in [4.78, 5) is 38.9.